The minimum absolute atomic E-state index is 0.0467. The largest absolute Gasteiger partial charge is 0.373 e. The molecular formula is C16H23ClN2O4S. The van der Waals surface area contributed by atoms with Crippen molar-refractivity contribution < 1.29 is 17.9 Å². The molecule has 24 heavy (non-hydrogen) atoms. The molecule has 1 amide bonds. The number of sulfonamides is 1. The molecule has 1 aromatic rings. The lowest BCUT2D eigenvalue weighted by Gasteiger charge is -2.34. The predicted molar refractivity (Wildman–Crippen MR) is 92.8 cm³/mol. The molecule has 134 valence electrons. The molecule has 1 aliphatic rings. The fourth-order valence-electron chi connectivity index (χ4n) is 2.65. The van der Waals surface area contributed by atoms with Crippen molar-refractivity contribution in [3.05, 3.63) is 28.8 Å². The van der Waals surface area contributed by atoms with Crippen LogP contribution in [0.2, 0.25) is 5.02 Å². The van der Waals surface area contributed by atoms with Crippen LogP contribution in [0.15, 0.2) is 23.1 Å². The Balaban J connectivity index is 2.34. The molecule has 0 radical (unpaired) electrons. The molecule has 1 heterocycles. The van der Waals surface area contributed by atoms with Gasteiger partial charge in [-0.1, -0.05) is 18.5 Å². The van der Waals surface area contributed by atoms with Crippen LogP contribution in [0.1, 0.15) is 37.6 Å². The average Bonchev–Trinajstić information content (AvgIpc) is 2.51. The summed E-state index contributed by atoms with van der Waals surface area (Å²) in [6.45, 7) is 6.65. The predicted octanol–water partition coefficient (Wildman–Crippen LogP) is 2.28. The molecule has 0 spiro atoms. The van der Waals surface area contributed by atoms with Crippen LogP contribution in [-0.4, -0.2) is 50.5 Å². The highest BCUT2D eigenvalue weighted by molar-refractivity contribution is 7.89. The number of benzene rings is 1. The first kappa shape index (κ1) is 19.2. The van der Waals surface area contributed by atoms with Gasteiger partial charge in [0, 0.05) is 25.2 Å². The highest BCUT2D eigenvalue weighted by Crippen LogP contribution is 2.28. The van der Waals surface area contributed by atoms with Crippen molar-refractivity contribution in [1.82, 2.24) is 9.62 Å². The Morgan fingerprint density at radius 2 is 1.96 bits per heavy atom. The molecule has 2 atom stereocenters. The first-order valence-electron chi connectivity index (χ1n) is 7.99. The second kappa shape index (κ2) is 7.82. The van der Waals surface area contributed by atoms with Crippen LogP contribution in [0.3, 0.4) is 0 Å². The Morgan fingerprint density at radius 3 is 2.54 bits per heavy atom. The molecule has 1 fully saturated rings. The van der Waals surface area contributed by atoms with Crippen molar-refractivity contribution in [3.8, 4) is 0 Å². The second-order valence-electron chi connectivity index (χ2n) is 5.98. The van der Waals surface area contributed by atoms with E-state index in [4.69, 9.17) is 16.3 Å². The molecule has 1 saturated heterocycles. The quantitative estimate of drug-likeness (QED) is 0.857. The standard InChI is InChI=1S/C16H23ClN2O4S/c1-4-7-18-16(20)13-5-6-14(17)15(8-13)24(21,22)19-9-11(2)23-12(3)10-19/h5-6,8,11-12H,4,7,9-10H2,1-3H3,(H,18,20). The number of morpholine rings is 1. The van der Waals surface area contributed by atoms with Crippen LogP contribution >= 0.6 is 11.6 Å². The van der Waals surface area contributed by atoms with Crippen LogP contribution in [0, 0.1) is 0 Å². The molecule has 1 N–H and O–H groups in total. The van der Waals surface area contributed by atoms with E-state index < -0.39 is 10.0 Å². The van der Waals surface area contributed by atoms with Gasteiger partial charge in [-0.3, -0.25) is 4.79 Å². The van der Waals surface area contributed by atoms with E-state index in [2.05, 4.69) is 5.32 Å². The van der Waals surface area contributed by atoms with E-state index in [1.165, 1.54) is 22.5 Å². The number of ether oxygens (including phenoxy) is 1. The van der Waals surface area contributed by atoms with Gasteiger partial charge in [0.25, 0.3) is 5.91 Å². The number of halogens is 1. The molecule has 8 heteroatoms. The highest BCUT2D eigenvalue weighted by Gasteiger charge is 2.33. The van der Waals surface area contributed by atoms with Gasteiger partial charge in [0.1, 0.15) is 4.90 Å². The van der Waals surface area contributed by atoms with Gasteiger partial charge in [0.05, 0.1) is 17.2 Å². The summed E-state index contributed by atoms with van der Waals surface area (Å²) in [5.74, 6) is -0.311. The number of rotatable bonds is 5. The summed E-state index contributed by atoms with van der Waals surface area (Å²) in [7, 11) is -3.79. The van der Waals surface area contributed by atoms with Gasteiger partial charge in [0.15, 0.2) is 0 Å². The second-order valence-corrected chi connectivity index (χ2v) is 8.29. The molecule has 0 aromatic heterocycles. The van der Waals surface area contributed by atoms with Crippen LogP contribution in [0.5, 0.6) is 0 Å². The minimum atomic E-state index is -3.79. The normalized spacial score (nSPS) is 22.3. The van der Waals surface area contributed by atoms with Crippen molar-refractivity contribution in [2.24, 2.45) is 0 Å². The molecule has 6 nitrogen and oxygen atoms in total. The molecule has 1 aliphatic heterocycles. The number of nitrogens with zero attached hydrogens (tertiary/aromatic N) is 1. The fraction of sp³-hybridized carbons (Fsp3) is 0.562. The number of carbonyl (C=O) groups is 1. The van der Waals surface area contributed by atoms with Crippen molar-refractivity contribution in [2.75, 3.05) is 19.6 Å². The van der Waals surface area contributed by atoms with Crippen molar-refractivity contribution in [3.63, 3.8) is 0 Å². The van der Waals surface area contributed by atoms with E-state index >= 15 is 0 Å². The summed E-state index contributed by atoms with van der Waals surface area (Å²) in [5, 5.41) is 2.84. The molecule has 0 bridgehead atoms. The Bertz CT molecular complexity index is 698. The summed E-state index contributed by atoms with van der Waals surface area (Å²) >= 11 is 6.11. The lowest BCUT2D eigenvalue weighted by atomic mass is 10.2. The third-order valence-electron chi connectivity index (χ3n) is 3.73. The van der Waals surface area contributed by atoms with Crippen LogP contribution in [-0.2, 0) is 14.8 Å². The highest BCUT2D eigenvalue weighted by atomic mass is 35.5. The zero-order valence-electron chi connectivity index (χ0n) is 14.1. The Hall–Kier alpha value is -1.15. The summed E-state index contributed by atoms with van der Waals surface area (Å²) in [6.07, 6.45) is 0.408. The van der Waals surface area contributed by atoms with Crippen molar-refractivity contribution >= 4 is 27.5 Å². The van der Waals surface area contributed by atoms with Gasteiger partial charge < -0.3 is 10.1 Å². The zero-order valence-corrected chi connectivity index (χ0v) is 15.7. The topological polar surface area (TPSA) is 75.7 Å². The lowest BCUT2D eigenvalue weighted by molar-refractivity contribution is -0.0440. The van der Waals surface area contributed by atoms with E-state index in [1.54, 1.807) is 0 Å². The van der Waals surface area contributed by atoms with Gasteiger partial charge in [-0.15, -0.1) is 0 Å². The fourth-order valence-corrected chi connectivity index (χ4v) is 4.74. The smallest absolute Gasteiger partial charge is 0.251 e. The Morgan fingerprint density at radius 1 is 1.33 bits per heavy atom. The summed E-state index contributed by atoms with van der Waals surface area (Å²) in [4.78, 5) is 12.0. The van der Waals surface area contributed by atoms with Crippen LogP contribution in [0.4, 0.5) is 0 Å². The zero-order chi connectivity index (χ0) is 17.9. The summed E-state index contributed by atoms with van der Waals surface area (Å²) in [6, 6.07) is 4.31. The third-order valence-corrected chi connectivity index (χ3v) is 6.05. The maximum Gasteiger partial charge on any atom is 0.251 e. The third kappa shape index (κ3) is 4.27. The van der Waals surface area contributed by atoms with Crippen molar-refractivity contribution in [1.29, 1.82) is 0 Å². The number of carbonyl (C=O) groups excluding carboxylic acids is 1. The van der Waals surface area contributed by atoms with Gasteiger partial charge >= 0.3 is 0 Å². The minimum Gasteiger partial charge on any atom is -0.373 e. The first-order chi connectivity index (χ1) is 11.3. The maximum atomic E-state index is 12.9. The molecular weight excluding hydrogens is 352 g/mol. The Labute approximate surface area is 148 Å². The van der Waals surface area contributed by atoms with Crippen molar-refractivity contribution in [2.45, 2.75) is 44.3 Å². The van der Waals surface area contributed by atoms with Gasteiger partial charge in [-0.25, -0.2) is 8.42 Å². The number of nitrogens with one attached hydrogen (secondary N) is 1. The number of hydrogen-bond donors (Lipinski definition) is 1. The summed E-state index contributed by atoms with van der Waals surface area (Å²) in [5.41, 5.74) is 0.279. The molecule has 0 saturated carbocycles. The van der Waals surface area contributed by atoms with Gasteiger partial charge in [-0.2, -0.15) is 4.31 Å². The monoisotopic (exact) mass is 374 g/mol. The molecule has 0 aliphatic carbocycles. The van der Waals surface area contributed by atoms with Gasteiger partial charge in [0.2, 0.25) is 10.0 Å². The van der Waals surface area contributed by atoms with E-state index in [0.717, 1.165) is 6.42 Å². The average molecular weight is 375 g/mol. The number of amides is 1. The summed E-state index contributed by atoms with van der Waals surface area (Å²) < 4.78 is 32.8. The lowest BCUT2D eigenvalue weighted by Crippen LogP contribution is -2.48. The molecule has 2 rings (SSSR count). The van der Waals surface area contributed by atoms with E-state index in [9.17, 15) is 13.2 Å². The molecule has 1 aromatic carbocycles. The Kier molecular flexibility index (Phi) is 6.25. The number of hydrogen-bond acceptors (Lipinski definition) is 4. The van der Waals surface area contributed by atoms with Crippen LogP contribution in [0.25, 0.3) is 0 Å². The van der Waals surface area contributed by atoms with Gasteiger partial charge in [-0.05, 0) is 38.5 Å². The van der Waals surface area contributed by atoms with Crippen LogP contribution < -0.4 is 5.32 Å². The van der Waals surface area contributed by atoms with E-state index in [0.29, 0.717) is 6.54 Å². The maximum absolute atomic E-state index is 12.9. The SMILES string of the molecule is CCCNC(=O)c1ccc(Cl)c(S(=O)(=O)N2CC(C)OC(C)C2)c1. The molecule has 2 unspecified atom stereocenters. The first-order valence-corrected chi connectivity index (χ1v) is 9.80. The van der Waals surface area contributed by atoms with E-state index in [-0.39, 0.29) is 46.7 Å². The van der Waals surface area contributed by atoms with E-state index in [1.807, 2.05) is 20.8 Å².